The first-order valence-corrected chi connectivity index (χ1v) is 11.2. The molecule has 31 heavy (non-hydrogen) atoms. The lowest BCUT2D eigenvalue weighted by atomic mass is 10.2. The summed E-state index contributed by atoms with van der Waals surface area (Å²) in [5, 5.41) is 12.1. The molecular weight excluding hydrogens is 412 g/mol. The van der Waals surface area contributed by atoms with E-state index in [-0.39, 0.29) is 17.8 Å². The summed E-state index contributed by atoms with van der Waals surface area (Å²) in [5.74, 6) is 0.990. The maximum atomic E-state index is 12.4. The van der Waals surface area contributed by atoms with Gasteiger partial charge in [-0.3, -0.25) is 14.7 Å². The molecule has 3 heterocycles. The molecule has 1 aliphatic rings. The van der Waals surface area contributed by atoms with Crippen LogP contribution in [0.4, 0.5) is 0 Å². The molecule has 1 aromatic carbocycles. The minimum atomic E-state index is -0.0396. The molecule has 0 bridgehead atoms. The van der Waals surface area contributed by atoms with E-state index in [0.717, 1.165) is 31.0 Å². The largest absolute Gasteiger partial charge is 0.374 e. The second kappa shape index (κ2) is 10.5. The second-order valence-corrected chi connectivity index (χ2v) is 8.35. The lowest BCUT2D eigenvalue weighted by molar-refractivity contribution is -0.119. The number of amides is 1. The van der Waals surface area contributed by atoms with E-state index >= 15 is 0 Å². The smallest absolute Gasteiger partial charge is 0.230 e. The van der Waals surface area contributed by atoms with E-state index in [2.05, 4.69) is 49.7 Å². The zero-order valence-corrected chi connectivity index (χ0v) is 18.3. The molecule has 0 aliphatic carbocycles. The highest BCUT2D eigenvalue weighted by atomic mass is 32.2. The maximum Gasteiger partial charge on any atom is 0.230 e. The standard InChI is InChI=1S/C22H26N6O2S/c1-27-21(18-7-9-23-10-8-18)25-26-22(27)31-16-20(29)24-13-19-15-28(11-12-30-19)14-17-5-3-2-4-6-17/h2-10,19H,11-16H2,1H3,(H,24,29)/t19-/m1/s1. The van der Waals surface area contributed by atoms with E-state index in [4.69, 9.17) is 4.74 Å². The second-order valence-electron chi connectivity index (χ2n) is 7.41. The molecule has 2 aromatic heterocycles. The highest BCUT2D eigenvalue weighted by Crippen LogP contribution is 2.21. The number of carbonyl (C=O) groups is 1. The van der Waals surface area contributed by atoms with Crippen LogP contribution in [0.3, 0.4) is 0 Å². The van der Waals surface area contributed by atoms with Crippen molar-refractivity contribution in [2.75, 3.05) is 32.0 Å². The number of carbonyl (C=O) groups excluding carboxylic acids is 1. The average Bonchev–Trinajstić information content (AvgIpc) is 3.18. The van der Waals surface area contributed by atoms with Crippen molar-refractivity contribution in [3.63, 3.8) is 0 Å². The molecule has 1 aliphatic heterocycles. The molecule has 1 atom stereocenters. The van der Waals surface area contributed by atoms with Gasteiger partial charge in [-0.2, -0.15) is 0 Å². The van der Waals surface area contributed by atoms with Gasteiger partial charge in [0.2, 0.25) is 5.91 Å². The number of hydrogen-bond acceptors (Lipinski definition) is 7. The molecule has 9 heteroatoms. The van der Waals surface area contributed by atoms with Gasteiger partial charge < -0.3 is 14.6 Å². The van der Waals surface area contributed by atoms with Crippen LogP contribution in [-0.2, 0) is 23.1 Å². The van der Waals surface area contributed by atoms with E-state index in [0.29, 0.717) is 18.3 Å². The minimum absolute atomic E-state index is 0.000432. The van der Waals surface area contributed by atoms with Crippen LogP contribution in [0, 0.1) is 0 Å². The predicted octanol–water partition coefficient (Wildman–Crippen LogP) is 1.99. The van der Waals surface area contributed by atoms with Crippen LogP contribution in [0.2, 0.25) is 0 Å². The summed E-state index contributed by atoms with van der Waals surface area (Å²) in [6, 6.07) is 14.2. The Kier molecular flexibility index (Phi) is 7.29. The highest BCUT2D eigenvalue weighted by molar-refractivity contribution is 7.99. The third kappa shape index (κ3) is 5.90. The Balaban J connectivity index is 1.22. The number of nitrogens with one attached hydrogen (secondary N) is 1. The highest BCUT2D eigenvalue weighted by Gasteiger charge is 2.21. The summed E-state index contributed by atoms with van der Waals surface area (Å²) in [7, 11) is 1.90. The summed E-state index contributed by atoms with van der Waals surface area (Å²) < 4.78 is 7.72. The van der Waals surface area contributed by atoms with Crippen molar-refractivity contribution in [2.45, 2.75) is 17.8 Å². The Hall–Kier alpha value is -2.75. The van der Waals surface area contributed by atoms with Crippen molar-refractivity contribution in [3.8, 4) is 11.4 Å². The fourth-order valence-electron chi connectivity index (χ4n) is 3.49. The summed E-state index contributed by atoms with van der Waals surface area (Å²) in [4.78, 5) is 18.7. The van der Waals surface area contributed by atoms with Gasteiger partial charge in [-0.05, 0) is 17.7 Å². The van der Waals surface area contributed by atoms with Gasteiger partial charge in [0.25, 0.3) is 0 Å². The quantitative estimate of drug-likeness (QED) is 0.538. The Morgan fingerprint density at radius 1 is 1.19 bits per heavy atom. The molecule has 0 spiro atoms. The third-order valence-electron chi connectivity index (χ3n) is 5.10. The number of pyridine rings is 1. The van der Waals surface area contributed by atoms with Crippen molar-refractivity contribution in [2.24, 2.45) is 7.05 Å². The molecule has 0 saturated carbocycles. The lowest BCUT2D eigenvalue weighted by Gasteiger charge is -2.33. The van der Waals surface area contributed by atoms with Crippen LogP contribution in [0.15, 0.2) is 60.0 Å². The van der Waals surface area contributed by atoms with Crippen LogP contribution < -0.4 is 5.32 Å². The zero-order chi connectivity index (χ0) is 21.5. The summed E-state index contributed by atoms with van der Waals surface area (Å²) >= 11 is 1.37. The summed E-state index contributed by atoms with van der Waals surface area (Å²) in [6.07, 6.45) is 3.44. The third-order valence-corrected chi connectivity index (χ3v) is 6.12. The number of hydrogen-bond donors (Lipinski definition) is 1. The fraction of sp³-hybridized carbons (Fsp3) is 0.364. The molecule has 0 unspecified atom stereocenters. The normalized spacial score (nSPS) is 16.9. The fourth-order valence-corrected chi connectivity index (χ4v) is 4.23. The Labute approximate surface area is 186 Å². The molecule has 0 radical (unpaired) electrons. The first-order chi connectivity index (χ1) is 15.2. The molecular formula is C22H26N6O2S. The van der Waals surface area contributed by atoms with Crippen LogP contribution in [0.5, 0.6) is 0 Å². The number of aromatic nitrogens is 4. The molecule has 8 nitrogen and oxygen atoms in total. The van der Waals surface area contributed by atoms with Gasteiger partial charge in [0.05, 0.1) is 18.5 Å². The van der Waals surface area contributed by atoms with Gasteiger partial charge in [-0.25, -0.2) is 0 Å². The van der Waals surface area contributed by atoms with Crippen molar-refractivity contribution in [3.05, 3.63) is 60.4 Å². The minimum Gasteiger partial charge on any atom is -0.374 e. The first kappa shape index (κ1) is 21.5. The topological polar surface area (TPSA) is 85.2 Å². The van der Waals surface area contributed by atoms with Crippen LogP contribution >= 0.6 is 11.8 Å². The molecule has 1 amide bonds. The Morgan fingerprint density at radius 3 is 2.81 bits per heavy atom. The van der Waals surface area contributed by atoms with Gasteiger partial charge in [-0.1, -0.05) is 42.1 Å². The van der Waals surface area contributed by atoms with Crippen molar-refractivity contribution < 1.29 is 9.53 Å². The number of thioether (sulfide) groups is 1. The first-order valence-electron chi connectivity index (χ1n) is 10.3. The van der Waals surface area contributed by atoms with Gasteiger partial charge in [0.15, 0.2) is 11.0 Å². The van der Waals surface area contributed by atoms with Crippen LogP contribution in [0.25, 0.3) is 11.4 Å². The Morgan fingerprint density at radius 2 is 2.00 bits per heavy atom. The monoisotopic (exact) mass is 438 g/mol. The molecule has 1 saturated heterocycles. The summed E-state index contributed by atoms with van der Waals surface area (Å²) in [6.45, 7) is 3.79. The number of rotatable bonds is 8. The lowest BCUT2D eigenvalue weighted by Crippen LogP contribution is -2.47. The van der Waals surface area contributed by atoms with Gasteiger partial charge >= 0.3 is 0 Å². The van der Waals surface area contributed by atoms with E-state index in [1.54, 1.807) is 12.4 Å². The van der Waals surface area contributed by atoms with E-state index < -0.39 is 0 Å². The predicted molar refractivity (Wildman–Crippen MR) is 119 cm³/mol. The molecule has 162 valence electrons. The van der Waals surface area contributed by atoms with Gasteiger partial charge in [0.1, 0.15) is 0 Å². The van der Waals surface area contributed by atoms with Crippen molar-refractivity contribution >= 4 is 17.7 Å². The van der Waals surface area contributed by atoms with Crippen molar-refractivity contribution in [1.29, 1.82) is 0 Å². The number of nitrogens with zero attached hydrogens (tertiary/aromatic N) is 5. The average molecular weight is 439 g/mol. The van der Waals surface area contributed by atoms with Gasteiger partial charge in [0, 0.05) is 51.2 Å². The molecule has 3 aromatic rings. The van der Waals surface area contributed by atoms with E-state index in [9.17, 15) is 4.79 Å². The number of benzene rings is 1. The van der Waals surface area contributed by atoms with Crippen LogP contribution in [0.1, 0.15) is 5.56 Å². The van der Waals surface area contributed by atoms with E-state index in [1.165, 1.54) is 17.3 Å². The molecule has 1 fully saturated rings. The number of ether oxygens (including phenoxy) is 1. The van der Waals surface area contributed by atoms with E-state index in [1.807, 2.05) is 29.8 Å². The Bertz CT molecular complexity index is 982. The molecule has 4 rings (SSSR count). The molecule has 1 N–H and O–H groups in total. The summed E-state index contributed by atoms with van der Waals surface area (Å²) in [5.41, 5.74) is 2.23. The number of morpholine rings is 1. The van der Waals surface area contributed by atoms with Gasteiger partial charge in [-0.15, -0.1) is 10.2 Å². The maximum absolute atomic E-state index is 12.4. The van der Waals surface area contributed by atoms with Crippen LogP contribution in [-0.4, -0.2) is 68.7 Å². The SMILES string of the molecule is Cn1c(SCC(=O)NC[C@@H]2CN(Cc3ccccc3)CCO2)nnc1-c1ccncc1. The van der Waals surface area contributed by atoms with Crippen molar-refractivity contribution in [1.82, 2.24) is 30.0 Å². The zero-order valence-electron chi connectivity index (χ0n) is 17.5.